The molecule has 29 heavy (non-hydrogen) atoms. The molecule has 0 amide bonds. The Morgan fingerprint density at radius 3 is 2.62 bits per heavy atom. The van der Waals surface area contributed by atoms with Crippen molar-refractivity contribution in [3.8, 4) is 17.1 Å². The summed E-state index contributed by atoms with van der Waals surface area (Å²) in [4.78, 5) is 22.8. The number of hydrogen-bond donors (Lipinski definition) is 0. The van der Waals surface area contributed by atoms with E-state index in [4.69, 9.17) is 4.74 Å². The second-order valence-corrected chi connectivity index (χ2v) is 7.62. The molecule has 1 aromatic carbocycles. The molecule has 3 heterocycles. The average Bonchev–Trinajstić information content (AvgIpc) is 2.77. The van der Waals surface area contributed by atoms with Gasteiger partial charge in [-0.3, -0.25) is 9.69 Å². The highest BCUT2D eigenvalue weighted by molar-refractivity contribution is 5.59. The lowest BCUT2D eigenvalue weighted by Gasteiger charge is -2.31. The molecule has 0 radical (unpaired) electrons. The second kappa shape index (κ2) is 9.01. The Kier molecular flexibility index (Phi) is 6.00. The largest absolute Gasteiger partial charge is 0.477 e. The zero-order valence-corrected chi connectivity index (χ0v) is 16.7. The van der Waals surface area contributed by atoms with Crippen LogP contribution in [0.5, 0.6) is 5.88 Å². The van der Waals surface area contributed by atoms with Crippen LogP contribution in [0.3, 0.4) is 0 Å². The van der Waals surface area contributed by atoms with Gasteiger partial charge in [0.1, 0.15) is 6.33 Å². The minimum atomic E-state index is 0.0468. The molecule has 6 nitrogen and oxygen atoms in total. The first-order valence-corrected chi connectivity index (χ1v) is 10.1. The van der Waals surface area contributed by atoms with Crippen LogP contribution < -0.4 is 10.3 Å². The maximum absolute atomic E-state index is 11.8. The lowest BCUT2D eigenvalue weighted by molar-refractivity contribution is 0.134. The van der Waals surface area contributed by atoms with Crippen LogP contribution >= 0.6 is 0 Å². The van der Waals surface area contributed by atoms with Crippen LogP contribution in [0.2, 0.25) is 0 Å². The SMILES string of the molecule is Cn1ccc(CN2CCC(COc3cc(-c4ccccc4)ncn3)CC2)cc1=O. The van der Waals surface area contributed by atoms with Crippen molar-refractivity contribution in [3.63, 3.8) is 0 Å². The molecular weight excluding hydrogens is 364 g/mol. The number of ether oxygens (including phenoxy) is 1. The van der Waals surface area contributed by atoms with E-state index in [0.717, 1.165) is 49.3 Å². The van der Waals surface area contributed by atoms with Crippen molar-refractivity contribution in [2.75, 3.05) is 19.7 Å². The van der Waals surface area contributed by atoms with Gasteiger partial charge in [-0.2, -0.15) is 0 Å². The molecule has 0 bridgehead atoms. The first kappa shape index (κ1) is 19.3. The minimum absolute atomic E-state index is 0.0468. The molecule has 1 saturated heterocycles. The summed E-state index contributed by atoms with van der Waals surface area (Å²) in [6.45, 7) is 3.53. The van der Waals surface area contributed by atoms with E-state index >= 15 is 0 Å². The number of aromatic nitrogens is 3. The van der Waals surface area contributed by atoms with Gasteiger partial charge < -0.3 is 9.30 Å². The van der Waals surface area contributed by atoms with Crippen LogP contribution in [0, 0.1) is 5.92 Å². The van der Waals surface area contributed by atoms with Crippen molar-refractivity contribution in [1.82, 2.24) is 19.4 Å². The van der Waals surface area contributed by atoms with Crippen LogP contribution in [0.1, 0.15) is 18.4 Å². The van der Waals surface area contributed by atoms with Gasteiger partial charge in [0.2, 0.25) is 5.88 Å². The summed E-state index contributed by atoms with van der Waals surface area (Å²) >= 11 is 0. The number of benzene rings is 1. The Balaban J connectivity index is 1.27. The highest BCUT2D eigenvalue weighted by atomic mass is 16.5. The van der Waals surface area contributed by atoms with Crippen molar-refractivity contribution in [2.24, 2.45) is 13.0 Å². The molecule has 3 aromatic rings. The lowest BCUT2D eigenvalue weighted by atomic mass is 9.97. The van der Waals surface area contributed by atoms with Gasteiger partial charge in [-0.15, -0.1) is 0 Å². The minimum Gasteiger partial charge on any atom is -0.477 e. The number of rotatable bonds is 6. The molecule has 0 unspecified atom stereocenters. The third-order valence-corrected chi connectivity index (χ3v) is 5.46. The summed E-state index contributed by atoms with van der Waals surface area (Å²) in [5, 5.41) is 0. The van der Waals surface area contributed by atoms with Crippen LogP contribution in [0.15, 0.2) is 65.8 Å². The van der Waals surface area contributed by atoms with Crippen molar-refractivity contribution in [1.29, 1.82) is 0 Å². The number of pyridine rings is 1. The smallest absolute Gasteiger partial charge is 0.250 e. The summed E-state index contributed by atoms with van der Waals surface area (Å²) in [5.41, 5.74) is 3.06. The molecule has 1 aliphatic rings. The molecule has 0 aliphatic carbocycles. The molecule has 2 aromatic heterocycles. The Morgan fingerprint density at radius 1 is 1.07 bits per heavy atom. The van der Waals surface area contributed by atoms with Crippen LogP contribution in [0.4, 0.5) is 0 Å². The predicted octanol–water partition coefficient (Wildman–Crippen LogP) is 3.13. The summed E-state index contributed by atoms with van der Waals surface area (Å²) in [7, 11) is 1.78. The van der Waals surface area contributed by atoms with Crippen molar-refractivity contribution in [3.05, 3.63) is 77.0 Å². The third kappa shape index (κ3) is 5.09. The summed E-state index contributed by atoms with van der Waals surface area (Å²) in [6.07, 6.45) is 5.57. The summed E-state index contributed by atoms with van der Waals surface area (Å²) in [5.74, 6) is 1.14. The predicted molar refractivity (Wildman–Crippen MR) is 113 cm³/mol. The zero-order chi connectivity index (χ0) is 20.1. The van der Waals surface area contributed by atoms with E-state index in [9.17, 15) is 4.79 Å². The van der Waals surface area contributed by atoms with Crippen molar-refractivity contribution >= 4 is 0 Å². The molecular formula is C23H26N4O2. The van der Waals surface area contributed by atoms with Gasteiger partial charge in [0, 0.05) is 37.5 Å². The number of likely N-dealkylation sites (tertiary alicyclic amines) is 1. The second-order valence-electron chi connectivity index (χ2n) is 7.62. The van der Waals surface area contributed by atoms with Gasteiger partial charge in [-0.05, 0) is 43.5 Å². The molecule has 150 valence electrons. The number of nitrogens with zero attached hydrogens (tertiary/aromatic N) is 4. The maximum Gasteiger partial charge on any atom is 0.250 e. The lowest BCUT2D eigenvalue weighted by Crippen LogP contribution is -2.35. The van der Waals surface area contributed by atoms with E-state index in [1.54, 1.807) is 24.0 Å². The monoisotopic (exact) mass is 390 g/mol. The van der Waals surface area contributed by atoms with E-state index in [1.807, 2.05) is 48.7 Å². The molecule has 0 spiro atoms. The van der Waals surface area contributed by atoms with Crippen molar-refractivity contribution in [2.45, 2.75) is 19.4 Å². The van der Waals surface area contributed by atoms with E-state index in [0.29, 0.717) is 18.4 Å². The van der Waals surface area contributed by atoms with Gasteiger partial charge in [-0.1, -0.05) is 30.3 Å². The maximum atomic E-state index is 11.8. The topological polar surface area (TPSA) is 60.2 Å². The highest BCUT2D eigenvalue weighted by Gasteiger charge is 2.20. The first-order valence-electron chi connectivity index (χ1n) is 10.1. The van der Waals surface area contributed by atoms with Gasteiger partial charge in [0.05, 0.1) is 12.3 Å². The molecule has 0 saturated carbocycles. The first-order chi connectivity index (χ1) is 14.2. The van der Waals surface area contributed by atoms with Crippen LogP contribution in [0.25, 0.3) is 11.3 Å². The number of piperidine rings is 1. The number of hydrogen-bond acceptors (Lipinski definition) is 5. The molecule has 0 atom stereocenters. The Bertz CT molecular complexity index is 995. The van der Waals surface area contributed by atoms with Crippen LogP contribution in [-0.4, -0.2) is 39.1 Å². The fourth-order valence-electron chi connectivity index (χ4n) is 3.65. The highest BCUT2D eigenvalue weighted by Crippen LogP contribution is 2.22. The zero-order valence-electron chi connectivity index (χ0n) is 16.7. The van der Waals surface area contributed by atoms with Gasteiger partial charge >= 0.3 is 0 Å². The number of aryl methyl sites for hydroxylation is 1. The van der Waals surface area contributed by atoms with E-state index in [1.165, 1.54) is 0 Å². The third-order valence-electron chi connectivity index (χ3n) is 5.46. The van der Waals surface area contributed by atoms with E-state index < -0.39 is 0 Å². The Hall–Kier alpha value is -2.99. The average molecular weight is 390 g/mol. The van der Waals surface area contributed by atoms with Crippen molar-refractivity contribution < 1.29 is 4.74 Å². The summed E-state index contributed by atoms with van der Waals surface area (Å²) in [6, 6.07) is 15.7. The van der Waals surface area contributed by atoms with Gasteiger partial charge in [0.25, 0.3) is 5.56 Å². The quantitative estimate of drug-likeness (QED) is 0.647. The van der Waals surface area contributed by atoms with E-state index in [2.05, 4.69) is 14.9 Å². The fraction of sp³-hybridized carbons (Fsp3) is 0.348. The Morgan fingerprint density at radius 2 is 1.86 bits per heavy atom. The molecule has 1 aliphatic heterocycles. The fourth-order valence-corrected chi connectivity index (χ4v) is 3.65. The van der Waals surface area contributed by atoms with Crippen LogP contribution in [-0.2, 0) is 13.6 Å². The molecule has 4 rings (SSSR count). The van der Waals surface area contributed by atoms with Gasteiger partial charge in [0.15, 0.2) is 0 Å². The normalized spacial score (nSPS) is 15.3. The molecule has 0 N–H and O–H groups in total. The Labute approximate surface area is 170 Å². The summed E-state index contributed by atoms with van der Waals surface area (Å²) < 4.78 is 7.58. The molecule has 1 fully saturated rings. The standard InChI is InChI=1S/C23H26N4O2/c1-26-10-7-19(13-23(26)28)15-27-11-8-18(9-12-27)16-29-22-14-21(24-17-25-22)20-5-3-2-4-6-20/h2-7,10,13-14,17-18H,8-9,11-12,15-16H2,1H3. The van der Waals surface area contributed by atoms with E-state index in [-0.39, 0.29) is 5.56 Å². The van der Waals surface area contributed by atoms with Gasteiger partial charge in [-0.25, -0.2) is 9.97 Å². The molecule has 6 heteroatoms.